The van der Waals surface area contributed by atoms with E-state index in [2.05, 4.69) is 48.1 Å². The minimum Gasteiger partial charge on any atom is -0.423 e. The van der Waals surface area contributed by atoms with Gasteiger partial charge >= 0.3 is 5.97 Å². The highest BCUT2D eigenvalue weighted by Crippen LogP contribution is 2.19. The highest BCUT2D eigenvalue weighted by Gasteiger charge is 2.07. The molecule has 32 heavy (non-hydrogen) atoms. The van der Waals surface area contributed by atoms with Gasteiger partial charge in [0.2, 0.25) is 0 Å². The maximum Gasteiger partial charge on any atom is 0.311 e. The molecule has 5 nitrogen and oxygen atoms in total. The molecule has 0 radical (unpaired) electrons. The van der Waals surface area contributed by atoms with Gasteiger partial charge in [-0.05, 0) is 50.5 Å². The van der Waals surface area contributed by atoms with Gasteiger partial charge in [-0.3, -0.25) is 4.79 Å². The van der Waals surface area contributed by atoms with Crippen molar-refractivity contribution >= 4 is 5.97 Å². The van der Waals surface area contributed by atoms with Crippen LogP contribution in [-0.2, 0) is 16.0 Å². The zero-order valence-corrected chi connectivity index (χ0v) is 19.7. The fraction of sp³-hybridized carbons (Fsp3) is 0.519. The van der Waals surface area contributed by atoms with E-state index in [0.29, 0.717) is 18.0 Å². The van der Waals surface area contributed by atoms with Crippen molar-refractivity contribution in [3.63, 3.8) is 0 Å². The molecule has 0 bridgehead atoms. The Labute approximate surface area is 193 Å². The Balaban J connectivity index is 1.71. The summed E-state index contributed by atoms with van der Waals surface area (Å²) < 4.78 is 10.9. The Morgan fingerprint density at radius 2 is 1.62 bits per heavy atom. The van der Waals surface area contributed by atoms with Gasteiger partial charge in [0.25, 0.3) is 0 Å². The summed E-state index contributed by atoms with van der Waals surface area (Å²) in [5, 5.41) is 0. The van der Waals surface area contributed by atoms with E-state index in [1.807, 2.05) is 12.1 Å². The van der Waals surface area contributed by atoms with Gasteiger partial charge in [-0.15, -0.1) is 0 Å². The van der Waals surface area contributed by atoms with Crippen LogP contribution in [0.4, 0.5) is 0 Å². The summed E-state index contributed by atoms with van der Waals surface area (Å²) >= 11 is 0. The van der Waals surface area contributed by atoms with E-state index < -0.39 is 0 Å². The maximum atomic E-state index is 12.0. The summed E-state index contributed by atoms with van der Waals surface area (Å²) in [5.74, 6) is 0.775. The average molecular weight is 439 g/mol. The molecule has 1 heterocycles. The number of aryl methyl sites for hydroxylation is 1. The summed E-state index contributed by atoms with van der Waals surface area (Å²) in [5.41, 5.74) is 2.27. The summed E-state index contributed by atoms with van der Waals surface area (Å²) in [4.78, 5) is 20.7. The van der Waals surface area contributed by atoms with Crippen LogP contribution < -0.4 is 4.74 Å². The Morgan fingerprint density at radius 1 is 0.875 bits per heavy atom. The fourth-order valence-electron chi connectivity index (χ4n) is 3.24. The van der Waals surface area contributed by atoms with Gasteiger partial charge in [0.15, 0.2) is 11.6 Å². The minimum atomic E-state index is -0.244. The van der Waals surface area contributed by atoms with Crippen LogP contribution >= 0.6 is 0 Å². The lowest BCUT2D eigenvalue weighted by Gasteiger charge is -2.06. The lowest BCUT2D eigenvalue weighted by atomic mass is 10.0. The Kier molecular flexibility index (Phi) is 13.0. The molecule has 0 spiro atoms. The number of hydrogen-bond acceptors (Lipinski definition) is 5. The molecule has 0 aliphatic rings. The molecule has 174 valence electrons. The molecule has 2 aromatic rings. The largest absolute Gasteiger partial charge is 0.423 e. The van der Waals surface area contributed by atoms with E-state index in [1.54, 1.807) is 12.4 Å². The number of carbonyl (C=O) groups excluding carboxylic acids is 1. The molecule has 0 amide bonds. The van der Waals surface area contributed by atoms with Crippen molar-refractivity contribution in [3.05, 3.63) is 54.4 Å². The van der Waals surface area contributed by atoms with E-state index in [-0.39, 0.29) is 5.97 Å². The van der Waals surface area contributed by atoms with Crippen LogP contribution in [0.25, 0.3) is 11.4 Å². The summed E-state index contributed by atoms with van der Waals surface area (Å²) in [6, 6.07) is 8.36. The summed E-state index contributed by atoms with van der Waals surface area (Å²) in [7, 11) is 0. The topological polar surface area (TPSA) is 61.3 Å². The van der Waals surface area contributed by atoms with Gasteiger partial charge in [-0.25, -0.2) is 9.97 Å². The molecule has 0 unspecified atom stereocenters. The minimum absolute atomic E-state index is 0.244. The highest BCUT2D eigenvalue weighted by atomic mass is 16.5. The van der Waals surface area contributed by atoms with E-state index in [0.717, 1.165) is 63.7 Å². The third kappa shape index (κ3) is 10.7. The second-order valence-electron chi connectivity index (χ2n) is 7.99. The van der Waals surface area contributed by atoms with Crippen molar-refractivity contribution in [2.75, 3.05) is 13.2 Å². The van der Waals surface area contributed by atoms with Crippen LogP contribution in [0.1, 0.15) is 77.2 Å². The highest BCUT2D eigenvalue weighted by molar-refractivity contribution is 5.72. The Bertz CT molecular complexity index is 786. The lowest BCUT2D eigenvalue weighted by molar-refractivity contribution is -0.134. The molecule has 0 saturated heterocycles. The third-order valence-electron chi connectivity index (χ3n) is 5.05. The summed E-state index contributed by atoms with van der Waals surface area (Å²) in [6.07, 6.45) is 17.4. The molecular weight excluding hydrogens is 400 g/mol. The van der Waals surface area contributed by atoms with Gasteiger partial charge in [0.1, 0.15) is 0 Å². The molecule has 0 N–H and O–H groups in total. The molecule has 0 atom stereocenters. The lowest BCUT2D eigenvalue weighted by Crippen LogP contribution is -2.08. The number of benzene rings is 1. The molecule has 0 aliphatic heterocycles. The monoisotopic (exact) mass is 438 g/mol. The van der Waals surface area contributed by atoms with E-state index in [4.69, 9.17) is 9.47 Å². The summed E-state index contributed by atoms with van der Waals surface area (Å²) in [6.45, 7) is 6.02. The van der Waals surface area contributed by atoms with Crippen molar-refractivity contribution in [2.24, 2.45) is 0 Å². The second kappa shape index (κ2) is 16.2. The SMILES string of the molecule is CCCC=CCCCC(=O)Oc1cnc(-c2ccc(CCCCCOCCC)cc2)nc1. The van der Waals surface area contributed by atoms with Gasteiger partial charge in [0, 0.05) is 25.2 Å². The first-order chi connectivity index (χ1) is 15.7. The number of hydrogen-bond donors (Lipinski definition) is 0. The number of unbranched alkanes of at least 4 members (excludes halogenated alkanes) is 4. The number of ether oxygens (including phenoxy) is 2. The van der Waals surface area contributed by atoms with Crippen LogP contribution in [0.15, 0.2) is 48.8 Å². The number of rotatable bonds is 16. The number of carbonyl (C=O) groups is 1. The average Bonchev–Trinajstić information content (AvgIpc) is 2.82. The Hall–Kier alpha value is -2.53. The van der Waals surface area contributed by atoms with Crippen molar-refractivity contribution in [3.8, 4) is 17.1 Å². The quantitative estimate of drug-likeness (QED) is 0.165. The van der Waals surface area contributed by atoms with Gasteiger partial charge < -0.3 is 9.47 Å². The first kappa shape index (κ1) is 25.7. The fourth-order valence-corrected chi connectivity index (χ4v) is 3.24. The van der Waals surface area contributed by atoms with Crippen molar-refractivity contribution in [1.82, 2.24) is 9.97 Å². The molecular formula is C27H38N2O3. The molecule has 0 aliphatic carbocycles. The molecule has 0 saturated carbocycles. The molecule has 1 aromatic heterocycles. The van der Waals surface area contributed by atoms with E-state index in [9.17, 15) is 4.79 Å². The van der Waals surface area contributed by atoms with E-state index in [1.165, 1.54) is 18.4 Å². The first-order valence-corrected chi connectivity index (χ1v) is 12.1. The zero-order chi connectivity index (χ0) is 22.9. The standard InChI is InChI=1S/C27H38N2O3/c1-3-5-6-7-8-11-14-26(30)32-25-21-28-27(29-22-25)24-17-15-23(16-18-24)13-10-9-12-20-31-19-4-2/h6-7,15-18,21-22H,3-5,8-14,19-20H2,1-2H3. The van der Waals surface area contributed by atoms with Gasteiger partial charge in [0.05, 0.1) is 12.4 Å². The smallest absolute Gasteiger partial charge is 0.311 e. The van der Waals surface area contributed by atoms with Crippen LogP contribution in [0, 0.1) is 0 Å². The predicted octanol–water partition coefficient (Wildman–Crippen LogP) is 6.72. The van der Waals surface area contributed by atoms with Crippen molar-refractivity contribution in [2.45, 2.75) is 78.1 Å². The van der Waals surface area contributed by atoms with Gasteiger partial charge in [-0.1, -0.05) is 63.1 Å². The molecule has 5 heteroatoms. The number of aromatic nitrogens is 2. The normalized spacial score (nSPS) is 11.2. The van der Waals surface area contributed by atoms with Crippen molar-refractivity contribution in [1.29, 1.82) is 0 Å². The van der Waals surface area contributed by atoms with Gasteiger partial charge in [-0.2, -0.15) is 0 Å². The van der Waals surface area contributed by atoms with E-state index >= 15 is 0 Å². The number of allylic oxidation sites excluding steroid dienone is 2. The molecule has 2 rings (SSSR count). The number of esters is 1. The first-order valence-electron chi connectivity index (χ1n) is 12.1. The number of nitrogens with zero attached hydrogens (tertiary/aromatic N) is 2. The second-order valence-corrected chi connectivity index (χ2v) is 7.99. The zero-order valence-electron chi connectivity index (χ0n) is 19.7. The Morgan fingerprint density at radius 3 is 2.34 bits per heavy atom. The predicted molar refractivity (Wildman–Crippen MR) is 130 cm³/mol. The molecule has 0 fully saturated rings. The molecule has 1 aromatic carbocycles. The van der Waals surface area contributed by atoms with Crippen LogP contribution in [0.3, 0.4) is 0 Å². The van der Waals surface area contributed by atoms with Crippen LogP contribution in [0.5, 0.6) is 5.75 Å². The van der Waals surface area contributed by atoms with Crippen molar-refractivity contribution < 1.29 is 14.3 Å². The van der Waals surface area contributed by atoms with Crippen LogP contribution in [0.2, 0.25) is 0 Å². The maximum absolute atomic E-state index is 12.0. The van der Waals surface area contributed by atoms with Crippen LogP contribution in [-0.4, -0.2) is 29.2 Å². The third-order valence-corrected chi connectivity index (χ3v) is 5.05.